The molecule has 0 saturated carbocycles. The minimum atomic E-state index is -1.62. The molecule has 11 heteroatoms. The van der Waals surface area contributed by atoms with Crippen molar-refractivity contribution < 1.29 is 49.3 Å². The van der Waals surface area contributed by atoms with Crippen LogP contribution in [0.5, 0.6) is 0 Å². The Labute approximate surface area is 516 Å². The highest BCUT2D eigenvalue weighted by Crippen LogP contribution is 2.26. The lowest BCUT2D eigenvalue weighted by atomic mass is 9.99. The van der Waals surface area contributed by atoms with Crippen LogP contribution in [0, 0.1) is 0 Å². The van der Waals surface area contributed by atoms with Crippen LogP contribution < -0.4 is 5.32 Å². The molecule has 1 amide bonds. The molecule has 8 unspecified atom stereocenters. The minimum Gasteiger partial charge on any atom is -0.454 e. The van der Waals surface area contributed by atoms with Crippen molar-refractivity contribution in [2.75, 3.05) is 13.2 Å². The van der Waals surface area contributed by atoms with E-state index in [-0.39, 0.29) is 19.4 Å². The number of allylic oxidation sites excluding steroid dienone is 9. The van der Waals surface area contributed by atoms with Gasteiger partial charge >= 0.3 is 5.97 Å². The summed E-state index contributed by atoms with van der Waals surface area (Å²) < 4.78 is 17.7. The molecule has 0 aromatic carbocycles. The molecule has 0 aromatic heterocycles. The molecule has 8 atom stereocenters. The third-order valence-electron chi connectivity index (χ3n) is 16.6. The number of rotatable bonds is 61. The van der Waals surface area contributed by atoms with E-state index in [0.29, 0.717) is 12.8 Å². The summed E-state index contributed by atoms with van der Waals surface area (Å²) in [5.41, 5.74) is 0. The summed E-state index contributed by atoms with van der Waals surface area (Å²) in [6.45, 7) is 5.79. The fourth-order valence-corrected chi connectivity index (χ4v) is 11.0. The second-order valence-corrected chi connectivity index (χ2v) is 24.6. The lowest BCUT2D eigenvalue weighted by Crippen LogP contribution is -2.61. The number of hydrogen-bond donors (Lipinski definition) is 6. The highest BCUT2D eigenvalue weighted by Gasteiger charge is 2.47. The lowest BCUT2D eigenvalue weighted by Gasteiger charge is -2.41. The van der Waals surface area contributed by atoms with E-state index in [1.807, 2.05) is 6.08 Å². The van der Waals surface area contributed by atoms with Crippen LogP contribution in [0.25, 0.3) is 0 Å². The zero-order chi connectivity index (χ0) is 61.0. The summed E-state index contributed by atoms with van der Waals surface area (Å²) in [6, 6.07) is -1.03. The van der Waals surface area contributed by atoms with Crippen molar-refractivity contribution >= 4 is 11.9 Å². The number of hydrogen-bond acceptors (Lipinski definition) is 10. The molecule has 6 N–H and O–H groups in total. The molecule has 84 heavy (non-hydrogen) atoms. The lowest BCUT2D eigenvalue weighted by molar-refractivity contribution is -0.305. The van der Waals surface area contributed by atoms with Crippen molar-refractivity contribution in [3.05, 3.63) is 60.8 Å². The highest BCUT2D eigenvalue weighted by molar-refractivity contribution is 5.80. The first-order chi connectivity index (χ1) is 41.2. The zero-order valence-electron chi connectivity index (χ0n) is 54.5. The molecule has 0 radical (unpaired) electrons. The third kappa shape index (κ3) is 47.4. The molecule has 1 saturated heterocycles. The van der Waals surface area contributed by atoms with Crippen LogP contribution in [0.1, 0.15) is 329 Å². The van der Waals surface area contributed by atoms with Crippen molar-refractivity contribution in [1.29, 1.82) is 0 Å². The van der Waals surface area contributed by atoms with E-state index in [0.717, 1.165) is 83.5 Å². The van der Waals surface area contributed by atoms with E-state index in [1.165, 1.54) is 199 Å². The van der Waals surface area contributed by atoms with Crippen LogP contribution in [0.15, 0.2) is 60.8 Å². The minimum absolute atomic E-state index is 0.122. The van der Waals surface area contributed by atoms with E-state index in [2.05, 4.69) is 74.7 Å². The number of aliphatic hydroxyl groups is 5. The molecule has 1 rings (SSSR count). The van der Waals surface area contributed by atoms with Gasteiger partial charge in [-0.05, 0) is 89.9 Å². The van der Waals surface area contributed by atoms with Gasteiger partial charge in [0, 0.05) is 6.42 Å². The van der Waals surface area contributed by atoms with Crippen LogP contribution >= 0.6 is 0 Å². The number of ether oxygens (including phenoxy) is 3. The SMILES string of the molecule is CCCCC/C=C\C/C=C\C/C=C\CCCCCCCCCCCCCCCCC(=O)OC1C(OCC(NC(=O)C(O)CCCCCCCC/C=C/CCCCCCCC)C(O)/C=C/CCCCCCCCCCCC)OC(CO)C(O)C1O. The Balaban J connectivity index is 2.54. The topological polar surface area (TPSA) is 175 Å². The maximum atomic E-state index is 13.5. The van der Waals surface area contributed by atoms with Gasteiger partial charge < -0.3 is 45.1 Å². The molecule has 11 nitrogen and oxygen atoms in total. The average Bonchev–Trinajstić information content (AvgIpc) is 3.69. The van der Waals surface area contributed by atoms with Gasteiger partial charge in [-0.25, -0.2) is 0 Å². The normalized spacial score (nSPS) is 18.8. The smallest absolute Gasteiger partial charge is 0.306 e. The summed E-state index contributed by atoms with van der Waals surface area (Å²) in [7, 11) is 0. The molecule has 1 heterocycles. The number of esters is 1. The number of aliphatic hydroxyl groups excluding tert-OH is 5. The molecule has 1 aliphatic rings. The van der Waals surface area contributed by atoms with Crippen LogP contribution in [0.3, 0.4) is 0 Å². The van der Waals surface area contributed by atoms with Gasteiger partial charge in [-0.1, -0.05) is 293 Å². The van der Waals surface area contributed by atoms with Crippen molar-refractivity contribution in [1.82, 2.24) is 5.32 Å². The number of carbonyl (C=O) groups is 2. The number of unbranched alkanes of at least 4 members (excludes halogenated alkanes) is 39. The molecular formula is C73H133NO10. The second kappa shape index (κ2) is 60.6. The summed E-state index contributed by atoms with van der Waals surface area (Å²) in [4.78, 5) is 26.7. The summed E-state index contributed by atoms with van der Waals surface area (Å²) in [5, 5.41) is 57.2. The number of amides is 1. The van der Waals surface area contributed by atoms with Gasteiger partial charge in [0.1, 0.15) is 24.4 Å². The Kier molecular flexibility index (Phi) is 57.3. The third-order valence-corrected chi connectivity index (χ3v) is 16.6. The summed E-state index contributed by atoms with van der Waals surface area (Å²) in [6.07, 6.45) is 66.9. The second-order valence-electron chi connectivity index (χ2n) is 24.6. The highest BCUT2D eigenvalue weighted by atomic mass is 16.7. The molecule has 0 aromatic rings. The van der Waals surface area contributed by atoms with Gasteiger partial charge in [0.05, 0.1) is 25.4 Å². The molecule has 490 valence electrons. The predicted molar refractivity (Wildman–Crippen MR) is 352 cm³/mol. The first-order valence-electron chi connectivity index (χ1n) is 35.6. The molecular weight excluding hydrogens is 1050 g/mol. The Bertz CT molecular complexity index is 1600. The van der Waals surface area contributed by atoms with Gasteiger partial charge in [-0.15, -0.1) is 0 Å². The van der Waals surface area contributed by atoms with E-state index in [1.54, 1.807) is 6.08 Å². The van der Waals surface area contributed by atoms with Gasteiger partial charge in [-0.3, -0.25) is 9.59 Å². The van der Waals surface area contributed by atoms with Crippen LogP contribution in [0.2, 0.25) is 0 Å². The number of nitrogens with one attached hydrogen (secondary N) is 1. The molecule has 1 fully saturated rings. The molecule has 0 aliphatic carbocycles. The standard InChI is InChI=1S/C73H133NO10/c1-4-7-10-13-16-19-22-25-27-29-30-31-32-33-34-35-36-37-38-39-41-43-46-49-52-55-58-61-68(78)84-71-70(80)69(79)67(62-75)83-73(71)82-63-64(65(76)59-56-53-50-47-44-24-21-18-15-12-9-6-3)74-72(81)66(77)60-57-54-51-48-45-42-40-28-26-23-20-17-14-11-8-5-2/h16,19,25-28,30-31,56,59,64-67,69-71,73,75-77,79-80H,4-15,17-18,20-24,29,32-55,57-58,60-63H2,1-3H3,(H,74,81)/b19-16-,27-25-,28-26+,31-30-,59-56+. The molecule has 0 bridgehead atoms. The first kappa shape index (κ1) is 79.4. The van der Waals surface area contributed by atoms with Crippen LogP contribution in [-0.4, -0.2) is 99.6 Å². The van der Waals surface area contributed by atoms with Gasteiger partial charge in [0.2, 0.25) is 5.91 Å². The maximum Gasteiger partial charge on any atom is 0.306 e. The fourth-order valence-electron chi connectivity index (χ4n) is 11.0. The summed E-state index contributed by atoms with van der Waals surface area (Å²) in [5.74, 6) is -1.19. The quantitative estimate of drug-likeness (QED) is 0.0195. The Hall–Kier alpha value is -2.64. The van der Waals surface area contributed by atoms with Crippen LogP contribution in [0.4, 0.5) is 0 Å². The first-order valence-corrected chi connectivity index (χ1v) is 35.6. The predicted octanol–water partition coefficient (Wildman–Crippen LogP) is 18.1. The Morgan fingerprint density at radius 3 is 1.26 bits per heavy atom. The largest absolute Gasteiger partial charge is 0.454 e. The van der Waals surface area contributed by atoms with Gasteiger partial charge in [0.15, 0.2) is 12.4 Å². The molecule has 1 aliphatic heterocycles. The monoisotopic (exact) mass is 1180 g/mol. The Morgan fingerprint density at radius 1 is 0.464 bits per heavy atom. The van der Waals surface area contributed by atoms with Gasteiger partial charge in [-0.2, -0.15) is 0 Å². The Morgan fingerprint density at radius 2 is 0.821 bits per heavy atom. The fraction of sp³-hybridized carbons (Fsp3) is 0.836. The van der Waals surface area contributed by atoms with Crippen LogP contribution in [-0.2, 0) is 23.8 Å². The van der Waals surface area contributed by atoms with Crippen molar-refractivity contribution in [3.63, 3.8) is 0 Å². The van der Waals surface area contributed by atoms with Gasteiger partial charge in [0.25, 0.3) is 0 Å². The summed E-state index contributed by atoms with van der Waals surface area (Å²) >= 11 is 0. The number of carbonyl (C=O) groups excluding carboxylic acids is 2. The van der Waals surface area contributed by atoms with Crippen molar-refractivity contribution in [2.45, 2.75) is 378 Å². The van der Waals surface area contributed by atoms with E-state index in [9.17, 15) is 35.1 Å². The molecule has 0 spiro atoms. The maximum absolute atomic E-state index is 13.5. The van der Waals surface area contributed by atoms with E-state index >= 15 is 0 Å². The van der Waals surface area contributed by atoms with E-state index in [4.69, 9.17) is 14.2 Å². The van der Waals surface area contributed by atoms with E-state index < -0.39 is 67.4 Å². The van der Waals surface area contributed by atoms with Crippen molar-refractivity contribution in [3.8, 4) is 0 Å². The average molecular weight is 1180 g/mol. The zero-order valence-corrected chi connectivity index (χ0v) is 54.5. The van der Waals surface area contributed by atoms with Crippen molar-refractivity contribution in [2.24, 2.45) is 0 Å².